The number of nitrogens with two attached hydrogens (primary N) is 1. The maximum Gasteiger partial charge on any atom is 0.246 e. The summed E-state index contributed by atoms with van der Waals surface area (Å²) < 4.78 is 40.8. The molecule has 0 aromatic heterocycles. The van der Waals surface area contributed by atoms with E-state index in [9.17, 15) is 12.8 Å². The van der Waals surface area contributed by atoms with E-state index in [2.05, 4.69) is 29.8 Å². The summed E-state index contributed by atoms with van der Waals surface area (Å²) in [5, 5.41) is 0. The molecule has 0 unspecified atom stereocenters. The number of hydrogen-bond acceptors (Lipinski definition) is 3. The van der Waals surface area contributed by atoms with Gasteiger partial charge in [0.05, 0.1) is 4.47 Å². The number of sulfonamides is 1. The molecule has 0 amide bonds. The Bertz CT molecular complexity index is 641. The van der Waals surface area contributed by atoms with Gasteiger partial charge in [0.25, 0.3) is 0 Å². The molecule has 2 rings (SSSR count). The average Bonchev–Trinajstić information content (AvgIpc) is 2.43. The Morgan fingerprint density at radius 3 is 2.48 bits per heavy atom. The lowest BCUT2D eigenvalue weighted by molar-refractivity contribution is 0.168. The Labute approximate surface area is 133 Å². The Balaban J connectivity index is 2.32. The molecule has 4 nitrogen and oxygen atoms in total. The van der Waals surface area contributed by atoms with Crippen molar-refractivity contribution in [3.63, 3.8) is 0 Å². The van der Waals surface area contributed by atoms with E-state index in [4.69, 9.17) is 5.73 Å². The summed E-state index contributed by atoms with van der Waals surface area (Å²) >= 11 is 3.00. The molecule has 1 aliphatic heterocycles. The molecule has 1 saturated heterocycles. The number of rotatable bonds is 3. The van der Waals surface area contributed by atoms with E-state index < -0.39 is 15.8 Å². The molecule has 1 aromatic carbocycles. The van der Waals surface area contributed by atoms with Gasteiger partial charge in [0, 0.05) is 18.8 Å². The van der Waals surface area contributed by atoms with Crippen LogP contribution in [-0.2, 0) is 10.0 Å². The highest BCUT2D eigenvalue weighted by molar-refractivity contribution is 9.10. The van der Waals surface area contributed by atoms with Gasteiger partial charge in [-0.3, -0.25) is 0 Å². The van der Waals surface area contributed by atoms with E-state index in [0.717, 1.165) is 19.3 Å². The lowest BCUT2D eigenvalue weighted by Crippen LogP contribution is -2.42. The van der Waals surface area contributed by atoms with Gasteiger partial charge in [-0.1, -0.05) is 20.3 Å². The molecule has 0 bridgehead atoms. The first-order valence-electron chi connectivity index (χ1n) is 6.94. The smallest absolute Gasteiger partial charge is 0.246 e. The fourth-order valence-electron chi connectivity index (χ4n) is 2.53. The van der Waals surface area contributed by atoms with E-state index in [1.165, 1.54) is 16.4 Å². The van der Waals surface area contributed by atoms with Gasteiger partial charge in [-0.2, -0.15) is 4.31 Å². The number of nitrogen functional groups attached to an aromatic ring is 1. The second-order valence-electron chi connectivity index (χ2n) is 5.88. The SMILES string of the molecule is CCC1(C)CCN(S(=O)(=O)c2cc(N)cc(Br)c2F)CC1. The molecule has 0 aliphatic carbocycles. The van der Waals surface area contributed by atoms with Crippen molar-refractivity contribution in [2.75, 3.05) is 18.8 Å². The Kier molecular flexibility index (Phi) is 4.66. The Hall–Kier alpha value is -0.660. The van der Waals surface area contributed by atoms with Crippen molar-refractivity contribution in [2.45, 2.75) is 38.0 Å². The van der Waals surface area contributed by atoms with E-state index in [-0.39, 0.29) is 20.5 Å². The van der Waals surface area contributed by atoms with Crippen LogP contribution in [0.15, 0.2) is 21.5 Å². The molecule has 0 saturated carbocycles. The van der Waals surface area contributed by atoms with Crippen molar-refractivity contribution >= 4 is 31.6 Å². The molecule has 0 atom stereocenters. The van der Waals surface area contributed by atoms with Crippen LogP contribution in [0.5, 0.6) is 0 Å². The standard InChI is InChI=1S/C14H20BrFN2O2S/c1-3-14(2)4-6-18(7-5-14)21(19,20)12-9-10(17)8-11(15)13(12)16/h8-9H,3-7,17H2,1-2H3. The molecular weight excluding hydrogens is 359 g/mol. The summed E-state index contributed by atoms with van der Waals surface area (Å²) in [7, 11) is -3.85. The van der Waals surface area contributed by atoms with Crippen LogP contribution in [0.3, 0.4) is 0 Å². The van der Waals surface area contributed by atoms with Crippen LogP contribution in [-0.4, -0.2) is 25.8 Å². The van der Waals surface area contributed by atoms with Crippen molar-refractivity contribution in [1.29, 1.82) is 0 Å². The van der Waals surface area contributed by atoms with Crippen molar-refractivity contribution in [3.05, 3.63) is 22.4 Å². The van der Waals surface area contributed by atoms with Gasteiger partial charge >= 0.3 is 0 Å². The summed E-state index contributed by atoms with van der Waals surface area (Å²) in [6.45, 7) is 5.10. The van der Waals surface area contributed by atoms with Gasteiger partial charge in [-0.15, -0.1) is 0 Å². The highest BCUT2D eigenvalue weighted by Gasteiger charge is 2.36. The van der Waals surface area contributed by atoms with Gasteiger partial charge in [0.2, 0.25) is 10.0 Å². The fourth-order valence-corrected chi connectivity index (χ4v) is 4.70. The normalized spacial score (nSPS) is 19.6. The van der Waals surface area contributed by atoms with Crippen LogP contribution < -0.4 is 5.73 Å². The van der Waals surface area contributed by atoms with Crippen molar-refractivity contribution in [2.24, 2.45) is 5.41 Å². The van der Waals surface area contributed by atoms with Crippen molar-refractivity contribution < 1.29 is 12.8 Å². The first kappa shape index (κ1) is 16.7. The summed E-state index contributed by atoms with van der Waals surface area (Å²) in [6.07, 6.45) is 2.58. The van der Waals surface area contributed by atoms with Gasteiger partial charge in [-0.25, -0.2) is 12.8 Å². The van der Waals surface area contributed by atoms with E-state index in [1.54, 1.807) is 0 Å². The average molecular weight is 379 g/mol. The third-order valence-corrected chi connectivity index (χ3v) is 6.89. The van der Waals surface area contributed by atoms with Crippen LogP contribution in [0.4, 0.5) is 10.1 Å². The molecule has 1 heterocycles. The van der Waals surface area contributed by atoms with Gasteiger partial charge in [-0.05, 0) is 46.3 Å². The third kappa shape index (κ3) is 3.24. The summed E-state index contributed by atoms with van der Waals surface area (Å²) in [5.74, 6) is -0.784. The van der Waals surface area contributed by atoms with Gasteiger partial charge < -0.3 is 5.73 Å². The zero-order chi connectivity index (χ0) is 15.8. The number of halogens is 2. The number of piperidine rings is 1. The van der Waals surface area contributed by atoms with Gasteiger partial charge in [0.15, 0.2) is 5.82 Å². The zero-order valence-corrected chi connectivity index (χ0v) is 14.6. The monoisotopic (exact) mass is 378 g/mol. The number of nitrogens with zero attached hydrogens (tertiary/aromatic N) is 1. The van der Waals surface area contributed by atoms with E-state index in [0.29, 0.717) is 13.1 Å². The van der Waals surface area contributed by atoms with Crippen LogP contribution in [0.1, 0.15) is 33.1 Å². The predicted octanol–water partition coefficient (Wildman–Crippen LogP) is 3.37. The fraction of sp³-hybridized carbons (Fsp3) is 0.571. The van der Waals surface area contributed by atoms with Crippen LogP contribution >= 0.6 is 15.9 Å². The highest BCUT2D eigenvalue weighted by atomic mass is 79.9. The largest absolute Gasteiger partial charge is 0.399 e. The molecule has 2 N–H and O–H groups in total. The second-order valence-corrected chi connectivity index (χ2v) is 8.64. The molecule has 1 aliphatic rings. The minimum atomic E-state index is -3.85. The molecule has 7 heteroatoms. The number of anilines is 1. The molecular formula is C14H20BrFN2O2S. The summed E-state index contributed by atoms with van der Waals surface area (Å²) in [4.78, 5) is -0.352. The molecule has 21 heavy (non-hydrogen) atoms. The summed E-state index contributed by atoms with van der Waals surface area (Å²) in [5.41, 5.74) is 6.03. The zero-order valence-electron chi connectivity index (χ0n) is 12.2. The molecule has 1 aromatic rings. The molecule has 0 spiro atoms. The maximum atomic E-state index is 14.1. The highest BCUT2D eigenvalue weighted by Crippen LogP contribution is 2.37. The minimum absolute atomic E-state index is 0.0662. The maximum absolute atomic E-state index is 14.1. The van der Waals surface area contributed by atoms with Crippen molar-refractivity contribution in [3.8, 4) is 0 Å². The predicted molar refractivity (Wildman–Crippen MR) is 84.9 cm³/mol. The third-order valence-electron chi connectivity index (χ3n) is 4.42. The van der Waals surface area contributed by atoms with Crippen LogP contribution in [0.25, 0.3) is 0 Å². The number of hydrogen-bond donors (Lipinski definition) is 1. The van der Waals surface area contributed by atoms with Crippen LogP contribution in [0, 0.1) is 11.2 Å². The Morgan fingerprint density at radius 2 is 1.95 bits per heavy atom. The van der Waals surface area contributed by atoms with E-state index in [1.807, 2.05) is 0 Å². The number of benzene rings is 1. The first-order chi connectivity index (χ1) is 9.69. The van der Waals surface area contributed by atoms with E-state index >= 15 is 0 Å². The van der Waals surface area contributed by atoms with Crippen LogP contribution in [0.2, 0.25) is 0 Å². The second kappa shape index (κ2) is 5.85. The minimum Gasteiger partial charge on any atom is -0.399 e. The first-order valence-corrected chi connectivity index (χ1v) is 9.17. The quantitative estimate of drug-likeness (QED) is 0.819. The topological polar surface area (TPSA) is 63.4 Å². The van der Waals surface area contributed by atoms with Gasteiger partial charge in [0.1, 0.15) is 4.90 Å². The Morgan fingerprint density at radius 1 is 1.38 bits per heavy atom. The molecule has 1 fully saturated rings. The molecule has 118 valence electrons. The lowest BCUT2D eigenvalue weighted by Gasteiger charge is -2.38. The van der Waals surface area contributed by atoms with Crippen molar-refractivity contribution in [1.82, 2.24) is 4.31 Å². The lowest BCUT2D eigenvalue weighted by atomic mass is 9.79. The summed E-state index contributed by atoms with van der Waals surface area (Å²) in [6, 6.07) is 2.54. The molecule has 0 radical (unpaired) electrons.